The Balaban J connectivity index is 1.70. The fourth-order valence-corrected chi connectivity index (χ4v) is 6.14. The third-order valence-corrected chi connectivity index (χ3v) is 7.93. The van der Waals surface area contributed by atoms with Gasteiger partial charge in [0.15, 0.2) is 0 Å². The number of rotatable bonds is 7. The van der Waals surface area contributed by atoms with Gasteiger partial charge in [-0.1, -0.05) is 6.08 Å². The lowest BCUT2D eigenvalue weighted by Gasteiger charge is -2.24. The Morgan fingerprint density at radius 1 is 1.24 bits per heavy atom. The highest BCUT2D eigenvalue weighted by Gasteiger charge is 2.34. The molecule has 1 aliphatic heterocycles. The van der Waals surface area contributed by atoms with E-state index in [-0.39, 0.29) is 16.0 Å². The molecular weight excluding hydrogens is 478 g/mol. The minimum absolute atomic E-state index is 0.190. The highest BCUT2D eigenvalue weighted by Crippen LogP contribution is 2.28. The smallest absolute Gasteiger partial charge is 0.271 e. The van der Waals surface area contributed by atoms with Crippen molar-refractivity contribution in [3.8, 4) is 0 Å². The molecule has 7 nitrogen and oxygen atoms in total. The van der Waals surface area contributed by atoms with Crippen LogP contribution in [0, 0.1) is 0 Å². The van der Waals surface area contributed by atoms with Crippen molar-refractivity contribution in [3.63, 3.8) is 0 Å². The maximum Gasteiger partial charge on any atom is 0.271 e. The van der Waals surface area contributed by atoms with Crippen LogP contribution >= 0.6 is 27.3 Å². The molecule has 1 aliphatic rings. The third kappa shape index (κ3) is 5.06. The summed E-state index contributed by atoms with van der Waals surface area (Å²) in [4.78, 5) is 26.7. The quantitative estimate of drug-likeness (QED) is 0.574. The average molecular weight is 498 g/mol. The van der Waals surface area contributed by atoms with Crippen molar-refractivity contribution in [2.75, 3.05) is 17.8 Å². The first kappa shape index (κ1) is 21.5. The summed E-state index contributed by atoms with van der Waals surface area (Å²) >= 11 is 4.36. The molecule has 154 valence electrons. The minimum atomic E-state index is -3.69. The van der Waals surface area contributed by atoms with E-state index in [1.54, 1.807) is 29.2 Å². The minimum Gasteiger partial charge on any atom is -0.351 e. The van der Waals surface area contributed by atoms with Crippen molar-refractivity contribution in [3.05, 3.63) is 58.4 Å². The highest BCUT2D eigenvalue weighted by molar-refractivity contribution is 9.11. The van der Waals surface area contributed by atoms with Gasteiger partial charge in [-0.3, -0.25) is 14.3 Å². The molecule has 0 aliphatic carbocycles. The number of thiophene rings is 1. The number of carbonyl (C=O) groups is 2. The van der Waals surface area contributed by atoms with E-state index < -0.39 is 16.1 Å². The van der Waals surface area contributed by atoms with Gasteiger partial charge in [-0.25, -0.2) is 8.42 Å². The summed E-state index contributed by atoms with van der Waals surface area (Å²) in [7, 11) is -3.69. The molecule has 0 radical (unpaired) electrons. The standard InChI is InChI=1S/C19H20BrN3O4S2/c1-2-11-21-18(24)15-4-3-12-23(15)19(25)13-5-7-14(8-6-13)22-29(26,27)17-10-9-16(20)28-17/h2,5-10,15,22H,1,3-4,11-12H2,(H,21,24)/t15-/m1/s1. The first-order valence-electron chi connectivity index (χ1n) is 8.89. The largest absolute Gasteiger partial charge is 0.351 e. The van der Waals surface area contributed by atoms with Gasteiger partial charge in [0.1, 0.15) is 10.3 Å². The average Bonchev–Trinajstić information content (AvgIpc) is 3.35. The normalized spacial score (nSPS) is 16.4. The van der Waals surface area contributed by atoms with Crippen molar-refractivity contribution >= 4 is 54.8 Å². The molecule has 0 saturated carbocycles. The van der Waals surface area contributed by atoms with Crippen LogP contribution in [-0.4, -0.2) is 44.3 Å². The lowest BCUT2D eigenvalue weighted by atomic mass is 10.1. The van der Waals surface area contributed by atoms with E-state index in [0.29, 0.717) is 30.8 Å². The molecule has 2 heterocycles. The van der Waals surface area contributed by atoms with Gasteiger partial charge in [0.05, 0.1) is 3.79 Å². The van der Waals surface area contributed by atoms with Crippen LogP contribution in [0.15, 0.2) is 57.0 Å². The second-order valence-corrected chi connectivity index (χ2v) is 10.8. The van der Waals surface area contributed by atoms with E-state index in [0.717, 1.165) is 21.5 Å². The number of carbonyl (C=O) groups excluding carboxylic acids is 2. The molecule has 1 fully saturated rings. The number of amides is 2. The molecule has 0 spiro atoms. The van der Waals surface area contributed by atoms with E-state index in [1.807, 2.05) is 0 Å². The molecule has 1 atom stereocenters. The summed E-state index contributed by atoms with van der Waals surface area (Å²) in [6, 6.07) is 8.87. The number of nitrogens with one attached hydrogen (secondary N) is 2. The molecule has 10 heteroatoms. The number of likely N-dealkylation sites (tertiary alicyclic amines) is 1. The molecule has 0 unspecified atom stereocenters. The summed E-state index contributed by atoms with van der Waals surface area (Å²) in [5.74, 6) is -0.444. The molecule has 3 rings (SSSR count). The summed E-state index contributed by atoms with van der Waals surface area (Å²) in [5.41, 5.74) is 0.753. The van der Waals surface area contributed by atoms with Gasteiger partial charge in [-0.05, 0) is 65.2 Å². The SMILES string of the molecule is C=CCNC(=O)[C@H]1CCCN1C(=O)c1ccc(NS(=O)(=O)c2ccc(Br)s2)cc1. The van der Waals surface area contributed by atoms with Gasteiger partial charge in [0.25, 0.3) is 15.9 Å². The predicted molar refractivity (Wildman–Crippen MR) is 117 cm³/mol. The van der Waals surface area contributed by atoms with Gasteiger partial charge in [-0.2, -0.15) is 0 Å². The zero-order chi connectivity index (χ0) is 21.0. The Morgan fingerprint density at radius 2 is 1.97 bits per heavy atom. The Kier molecular flexibility index (Phi) is 6.76. The molecule has 2 amide bonds. The van der Waals surface area contributed by atoms with Gasteiger partial charge >= 0.3 is 0 Å². The number of halogens is 1. The fourth-order valence-electron chi connectivity index (χ4n) is 3.07. The van der Waals surface area contributed by atoms with Gasteiger partial charge in [0.2, 0.25) is 5.91 Å². The monoisotopic (exact) mass is 497 g/mol. The maximum atomic E-state index is 12.8. The molecule has 1 aromatic carbocycles. The van der Waals surface area contributed by atoms with Crippen LogP contribution in [0.4, 0.5) is 5.69 Å². The number of benzene rings is 1. The lowest BCUT2D eigenvalue weighted by Crippen LogP contribution is -2.46. The highest BCUT2D eigenvalue weighted by atomic mass is 79.9. The number of hydrogen-bond acceptors (Lipinski definition) is 5. The summed E-state index contributed by atoms with van der Waals surface area (Å²) in [5, 5.41) is 2.73. The van der Waals surface area contributed by atoms with Crippen LogP contribution in [0.3, 0.4) is 0 Å². The van der Waals surface area contributed by atoms with E-state index >= 15 is 0 Å². The zero-order valence-electron chi connectivity index (χ0n) is 15.4. The molecule has 2 N–H and O–H groups in total. The van der Waals surface area contributed by atoms with Gasteiger partial charge < -0.3 is 10.2 Å². The number of hydrogen-bond donors (Lipinski definition) is 2. The number of sulfonamides is 1. The first-order valence-corrected chi connectivity index (χ1v) is 12.0. The van der Waals surface area contributed by atoms with Crippen LogP contribution in [-0.2, 0) is 14.8 Å². The molecule has 1 aromatic heterocycles. The fraction of sp³-hybridized carbons (Fsp3) is 0.263. The number of nitrogens with zero attached hydrogens (tertiary/aromatic N) is 1. The molecule has 2 aromatic rings. The van der Waals surface area contributed by atoms with Crippen LogP contribution in [0.2, 0.25) is 0 Å². The zero-order valence-corrected chi connectivity index (χ0v) is 18.6. The summed E-state index contributed by atoms with van der Waals surface area (Å²) < 4.78 is 28.2. The van der Waals surface area contributed by atoms with Crippen molar-refractivity contribution in [1.29, 1.82) is 0 Å². The van der Waals surface area contributed by atoms with Crippen molar-refractivity contribution < 1.29 is 18.0 Å². The van der Waals surface area contributed by atoms with Crippen molar-refractivity contribution in [2.24, 2.45) is 0 Å². The predicted octanol–water partition coefficient (Wildman–Crippen LogP) is 3.22. The Hall–Kier alpha value is -2.17. The Bertz CT molecular complexity index is 1020. The second-order valence-electron chi connectivity index (χ2n) is 6.43. The molecular formula is C19H20BrN3O4S2. The Morgan fingerprint density at radius 3 is 2.59 bits per heavy atom. The summed E-state index contributed by atoms with van der Waals surface area (Å²) in [6.45, 7) is 4.43. The second kappa shape index (κ2) is 9.10. The first-order chi connectivity index (χ1) is 13.8. The van der Waals surface area contributed by atoms with E-state index in [1.165, 1.54) is 18.2 Å². The Labute approximate surface area is 182 Å². The molecule has 0 bridgehead atoms. The van der Waals surface area contributed by atoms with Gasteiger partial charge in [-0.15, -0.1) is 17.9 Å². The summed E-state index contributed by atoms with van der Waals surface area (Å²) in [6.07, 6.45) is 2.96. The van der Waals surface area contributed by atoms with E-state index in [9.17, 15) is 18.0 Å². The van der Waals surface area contributed by atoms with Crippen LogP contribution in [0.5, 0.6) is 0 Å². The molecule has 1 saturated heterocycles. The number of anilines is 1. The van der Waals surface area contributed by atoms with E-state index in [2.05, 4.69) is 32.5 Å². The van der Waals surface area contributed by atoms with Crippen molar-refractivity contribution in [1.82, 2.24) is 10.2 Å². The molecule has 29 heavy (non-hydrogen) atoms. The van der Waals surface area contributed by atoms with Crippen molar-refractivity contribution in [2.45, 2.75) is 23.1 Å². The topological polar surface area (TPSA) is 95.6 Å². The van der Waals surface area contributed by atoms with Crippen LogP contribution in [0.1, 0.15) is 23.2 Å². The van der Waals surface area contributed by atoms with E-state index in [4.69, 9.17) is 0 Å². The van der Waals surface area contributed by atoms with Crippen LogP contribution in [0.25, 0.3) is 0 Å². The lowest BCUT2D eigenvalue weighted by molar-refractivity contribution is -0.124. The van der Waals surface area contributed by atoms with Gasteiger partial charge in [0, 0.05) is 24.3 Å². The maximum absolute atomic E-state index is 12.8. The van der Waals surface area contributed by atoms with Crippen LogP contribution < -0.4 is 10.0 Å². The third-order valence-electron chi connectivity index (χ3n) is 4.43.